The van der Waals surface area contributed by atoms with E-state index in [-0.39, 0.29) is 0 Å². The molecule has 11 heteroatoms. The fourth-order valence-corrected chi connectivity index (χ4v) is 0.941. The number of phosphoric acid groups is 1. The average molecular weight is 260 g/mol. The van der Waals surface area contributed by atoms with Crippen LogP contribution in [-0.2, 0) is 9.09 Å². The molecule has 0 rings (SSSR count). The molecule has 0 aliphatic heterocycles. The van der Waals surface area contributed by atoms with E-state index < -0.39 is 32.7 Å². The van der Waals surface area contributed by atoms with Gasteiger partial charge in [-0.25, -0.2) is 4.39 Å². The molecule has 0 saturated heterocycles. The lowest BCUT2D eigenvalue weighted by Crippen LogP contribution is -2.38. The molecule has 0 spiro atoms. The molecule has 0 radical (unpaired) electrons. The predicted octanol–water partition coefficient (Wildman–Crippen LogP) is 0.715. The van der Waals surface area contributed by atoms with Crippen LogP contribution in [0.15, 0.2) is 0 Å². The van der Waals surface area contributed by atoms with E-state index >= 15 is 0 Å². The normalized spacial score (nSPS) is 16.5. The summed E-state index contributed by atoms with van der Waals surface area (Å²) >= 11 is 0. The van der Waals surface area contributed by atoms with Gasteiger partial charge >= 0.3 is 12.3 Å². The van der Waals surface area contributed by atoms with E-state index in [2.05, 4.69) is 4.52 Å². The molecule has 4 nitrogen and oxygen atoms in total. The van der Waals surface area contributed by atoms with Gasteiger partial charge < -0.3 is 14.4 Å². The van der Waals surface area contributed by atoms with Crippen molar-refractivity contribution in [2.24, 2.45) is 0 Å². The van der Waals surface area contributed by atoms with Crippen molar-refractivity contribution in [1.29, 1.82) is 0 Å². The van der Waals surface area contributed by atoms with Gasteiger partial charge in [0.1, 0.15) is 0 Å². The molecule has 0 N–H and O–H groups in total. The summed E-state index contributed by atoms with van der Waals surface area (Å²) in [5.41, 5.74) is 0. The first-order valence-corrected chi connectivity index (χ1v) is 4.61. The van der Waals surface area contributed by atoms with Gasteiger partial charge in [0.15, 0.2) is 6.17 Å². The second-order valence-electron chi connectivity index (χ2n) is 2.39. The molecule has 15 heavy (non-hydrogen) atoms. The summed E-state index contributed by atoms with van der Waals surface area (Å²) in [5, 5.41) is 0. The number of phosphoric ester groups is 1. The van der Waals surface area contributed by atoms with Crippen LogP contribution in [0.4, 0.5) is 26.3 Å². The molecule has 0 aromatic carbocycles. The molecule has 1 atom stereocenters. The Balaban J connectivity index is 4.53. The summed E-state index contributed by atoms with van der Waals surface area (Å²) in [7, 11) is -6.26. The van der Waals surface area contributed by atoms with E-state index in [0.717, 1.165) is 0 Å². The summed E-state index contributed by atoms with van der Waals surface area (Å²) in [6.07, 6.45) is -17.2. The highest BCUT2D eigenvalue weighted by Gasteiger charge is 2.48. The van der Waals surface area contributed by atoms with Gasteiger partial charge in [-0.15, -0.1) is 0 Å². The van der Waals surface area contributed by atoms with E-state index in [0.29, 0.717) is 0 Å². The Bertz CT molecular complexity index is 258. The van der Waals surface area contributed by atoms with E-state index in [1.54, 1.807) is 0 Å². The highest BCUT2D eigenvalue weighted by molar-refractivity contribution is 7.43. The molecule has 0 saturated carbocycles. The minimum absolute atomic E-state index is 2.37. The van der Waals surface area contributed by atoms with E-state index in [4.69, 9.17) is 0 Å². The minimum Gasteiger partial charge on any atom is -0.790 e. The van der Waals surface area contributed by atoms with Crippen molar-refractivity contribution in [3.63, 3.8) is 0 Å². The van der Waals surface area contributed by atoms with Crippen LogP contribution in [0.25, 0.3) is 0 Å². The third-order valence-corrected chi connectivity index (χ3v) is 1.48. The fourth-order valence-electron chi connectivity index (χ4n) is 0.528. The average Bonchev–Trinajstić information content (AvgIpc) is 1.75. The van der Waals surface area contributed by atoms with Crippen molar-refractivity contribution < 1.29 is 45.2 Å². The van der Waals surface area contributed by atoms with E-state index in [1.807, 2.05) is 0 Å². The van der Waals surface area contributed by atoms with Crippen molar-refractivity contribution in [1.82, 2.24) is 0 Å². The lowest BCUT2D eigenvalue weighted by Gasteiger charge is -2.34. The minimum atomic E-state index is -6.26. The molecule has 0 aromatic rings. The van der Waals surface area contributed by atoms with Gasteiger partial charge in [0, 0.05) is 0 Å². The number of hydrogen-bond acceptors (Lipinski definition) is 4. The van der Waals surface area contributed by atoms with Crippen molar-refractivity contribution in [2.75, 3.05) is 0 Å². The lowest BCUT2D eigenvalue weighted by atomic mass is 10.2. The monoisotopic (exact) mass is 260 g/mol. The fraction of sp³-hybridized carbons (Fsp3) is 1.00. The Hall–Kier alpha value is -0.310. The number of rotatable bonds is 4. The maximum absolute atomic E-state index is 12.2. The molecular weight excluding hydrogens is 257 g/mol. The topological polar surface area (TPSA) is 72.4 Å². The van der Waals surface area contributed by atoms with Gasteiger partial charge in [-0.2, -0.15) is 22.0 Å². The second-order valence-corrected chi connectivity index (χ2v) is 3.46. The first-order valence-electron chi connectivity index (χ1n) is 3.15. The summed E-state index contributed by atoms with van der Waals surface area (Å²) < 4.78 is 82.8. The molecule has 92 valence electrons. The van der Waals surface area contributed by atoms with Crippen molar-refractivity contribution in [3.8, 4) is 0 Å². The van der Waals surface area contributed by atoms with E-state index in [1.165, 1.54) is 0 Å². The van der Waals surface area contributed by atoms with Crippen LogP contribution in [0.1, 0.15) is 6.42 Å². The molecule has 0 amide bonds. The van der Waals surface area contributed by atoms with Gasteiger partial charge in [0.25, 0.3) is 0 Å². The summed E-state index contributed by atoms with van der Waals surface area (Å²) in [5.74, 6) is 0. The van der Waals surface area contributed by atoms with Crippen molar-refractivity contribution in [3.05, 3.63) is 0 Å². The summed E-state index contributed by atoms with van der Waals surface area (Å²) in [6, 6.07) is 0. The van der Waals surface area contributed by atoms with Crippen LogP contribution in [0, 0.1) is 0 Å². The highest BCUT2D eigenvalue weighted by atomic mass is 31.2. The number of hydrogen-bond donors (Lipinski definition) is 0. The third-order valence-electron chi connectivity index (χ3n) is 1.01. The predicted molar refractivity (Wildman–Crippen MR) is 29.2 cm³/mol. The molecule has 0 fully saturated rings. The molecule has 1 unspecified atom stereocenters. The number of alkyl halides is 6. The van der Waals surface area contributed by atoms with Gasteiger partial charge in [-0.3, -0.25) is 4.52 Å². The second kappa shape index (κ2) is 4.28. The Kier molecular flexibility index (Phi) is 4.19. The Morgan fingerprint density at radius 2 is 1.60 bits per heavy atom. The smallest absolute Gasteiger partial charge is 0.392 e. The molecule has 0 heterocycles. The molecule has 0 aromatic heterocycles. The third kappa shape index (κ3) is 6.72. The van der Waals surface area contributed by atoms with Crippen molar-refractivity contribution in [2.45, 2.75) is 24.9 Å². The molecule has 0 aliphatic carbocycles. The van der Waals surface area contributed by atoms with Gasteiger partial charge in [-0.1, -0.05) is 0 Å². The van der Waals surface area contributed by atoms with Crippen LogP contribution >= 0.6 is 7.82 Å². The largest absolute Gasteiger partial charge is 0.790 e. The van der Waals surface area contributed by atoms with Gasteiger partial charge in [0.2, 0.25) is 0 Å². The van der Waals surface area contributed by atoms with Crippen LogP contribution in [0.3, 0.4) is 0 Å². The van der Waals surface area contributed by atoms with Crippen LogP contribution in [0.5, 0.6) is 0 Å². The highest BCUT2D eigenvalue weighted by Crippen LogP contribution is 2.41. The van der Waals surface area contributed by atoms with Gasteiger partial charge in [-0.05, 0) is 0 Å². The molecule has 0 bridgehead atoms. The Labute approximate surface area is 79.1 Å². The van der Waals surface area contributed by atoms with E-state index in [9.17, 15) is 40.7 Å². The molecular formula is C4H3F6O4P-2. The van der Waals surface area contributed by atoms with Crippen LogP contribution in [0.2, 0.25) is 0 Å². The summed E-state index contributed by atoms with van der Waals surface area (Å²) in [4.78, 5) is 19.3. The SMILES string of the molecule is O=P([O-])([O-])OC(F)(F)C(F)CC(F)(F)F. The zero-order valence-electron chi connectivity index (χ0n) is 6.63. The first kappa shape index (κ1) is 14.7. The Morgan fingerprint density at radius 1 is 1.20 bits per heavy atom. The lowest BCUT2D eigenvalue weighted by molar-refractivity contribution is -0.375. The van der Waals surface area contributed by atoms with Crippen LogP contribution < -0.4 is 9.79 Å². The maximum Gasteiger partial charge on any atom is 0.392 e. The first-order chi connectivity index (χ1) is 6.33. The summed E-state index contributed by atoms with van der Waals surface area (Å²) in [6.45, 7) is 0. The number of halogens is 6. The molecule has 0 aliphatic rings. The van der Waals surface area contributed by atoms with Crippen LogP contribution in [-0.4, -0.2) is 18.5 Å². The quantitative estimate of drug-likeness (QED) is 0.551. The maximum atomic E-state index is 12.2. The Morgan fingerprint density at radius 3 is 1.87 bits per heavy atom. The standard InChI is InChI=1S/C4H5F6O4P/c5-2(1-3(6,7)8)4(9,10)14-15(11,12)13/h2H,1H2,(H2,11,12,13)/p-2. The zero-order valence-corrected chi connectivity index (χ0v) is 7.53. The van der Waals surface area contributed by atoms with Gasteiger partial charge in [0.05, 0.1) is 14.2 Å². The zero-order chi connectivity index (χ0) is 12.5. The van der Waals surface area contributed by atoms with Crippen molar-refractivity contribution >= 4 is 7.82 Å².